The number of hydrogen-bond acceptors (Lipinski definition) is 8. The smallest absolute Gasteiger partial charge is 0.462 e. The Labute approximate surface area is 351 Å². The number of unbranched alkanes of at least 4 members (excludes halogenated alkanes) is 31. The number of hydrogen-bond donors (Lipinski definition) is 2. The van der Waals surface area contributed by atoms with Gasteiger partial charge in [0, 0.05) is 19.4 Å². The zero-order valence-electron chi connectivity index (χ0n) is 37.3. The molecule has 0 saturated carbocycles. The molecular weight excluding hydrogens is 737 g/mol. The van der Waals surface area contributed by atoms with Gasteiger partial charge in [-0.05, 0) is 38.5 Å². The van der Waals surface area contributed by atoms with E-state index < -0.39 is 26.5 Å². The lowest BCUT2D eigenvalue weighted by Crippen LogP contribution is -2.29. The highest BCUT2D eigenvalue weighted by Gasteiger charge is 2.26. The number of nitrogens with two attached hydrogens (primary N) is 1. The molecule has 0 aliphatic heterocycles. The second-order valence-corrected chi connectivity index (χ2v) is 17.8. The van der Waals surface area contributed by atoms with Crippen molar-refractivity contribution in [1.82, 2.24) is 0 Å². The van der Waals surface area contributed by atoms with Gasteiger partial charge in [0.05, 0.1) is 13.2 Å². The summed E-state index contributed by atoms with van der Waals surface area (Å²) >= 11 is 0. The van der Waals surface area contributed by atoms with Gasteiger partial charge in [0.2, 0.25) is 0 Å². The lowest BCUT2D eigenvalue weighted by Gasteiger charge is -2.19. The first-order chi connectivity index (χ1) is 27.8. The van der Waals surface area contributed by atoms with Crippen molar-refractivity contribution in [3.8, 4) is 0 Å². The molecule has 0 rings (SSSR count). The van der Waals surface area contributed by atoms with Gasteiger partial charge < -0.3 is 20.1 Å². The third kappa shape index (κ3) is 44.1. The average Bonchev–Trinajstić information content (AvgIpc) is 3.20. The van der Waals surface area contributed by atoms with E-state index in [2.05, 4.69) is 26.0 Å². The zero-order valence-corrected chi connectivity index (χ0v) is 38.2. The van der Waals surface area contributed by atoms with Crippen LogP contribution in [0, 0.1) is 0 Å². The Morgan fingerprint density at radius 3 is 1.25 bits per heavy atom. The molecule has 3 N–H and O–H groups in total. The summed E-state index contributed by atoms with van der Waals surface area (Å²) in [6.07, 6.45) is 46.8. The third-order valence-electron chi connectivity index (χ3n) is 10.7. The summed E-state index contributed by atoms with van der Waals surface area (Å²) in [5.41, 5.74) is 5.35. The molecule has 0 spiro atoms. The van der Waals surface area contributed by atoms with Crippen LogP contribution >= 0.6 is 7.82 Å². The van der Waals surface area contributed by atoms with Gasteiger partial charge in [0.15, 0.2) is 6.10 Å². The molecule has 0 aromatic rings. The maximum Gasteiger partial charge on any atom is 0.472 e. The normalized spacial score (nSPS) is 13.3. The van der Waals surface area contributed by atoms with E-state index in [-0.39, 0.29) is 38.6 Å². The van der Waals surface area contributed by atoms with Crippen LogP contribution in [0.1, 0.15) is 245 Å². The SMILES string of the molecule is CCCCCCC/C=C\CCCCCCCC(=O)OC(COC(=O)CCCCCCCCCCCCCCCCCCCCCCCC)COP(=O)(O)OCCN. The molecule has 0 saturated heterocycles. The summed E-state index contributed by atoms with van der Waals surface area (Å²) in [5, 5.41) is 0. The van der Waals surface area contributed by atoms with Crippen molar-refractivity contribution in [1.29, 1.82) is 0 Å². The number of allylic oxidation sites excluding steroid dienone is 2. The van der Waals surface area contributed by atoms with E-state index in [1.54, 1.807) is 0 Å². The molecule has 0 amide bonds. The first kappa shape index (κ1) is 55.8. The van der Waals surface area contributed by atoms with Crippen LogP contribution in [-0.2, 0) is 32.7 Å². The predicted octanol–water partition coefficient (Wildman–Crippen LogP) is 14.2. The molecule has 0 aliphatic rings. The van der Waals surface area contributed by atoms with E-state index in [1.807, 2.05) is 0 Å². The van der Waals surface area contributed by atoms with Crippen LogP contribution in [0.2, 0.25) is 0 Å². The summed E-state index contributed by atoms with van der Waals surface area (Å²) < 4.78 is 32.8. The Balaban J connectivity index is 4.00. The summed E-state index contributed by atoms with van der Waals surface area (Å²) in [4.78, 5) is 34.9. The predicted molar refractivity (Wildman–Crippen MR) is 238 cm³/mol. The maximum absolute atomic E-state index is 12.6. The summed E-state index contributed by atoms with van der Waals surface area (Å²) in [5.74, 6) is -0.825. The fourth-order valence-electron chi connectivity index (χ4n) is 7.04. The van der Waals surface area contributed by atoms with Crippen LogP contribution in [0.3, 0.4) is 0 Å². The molecule has 9 nitrogen and oxygen atoms in total. The van der Waals surface area contributed by atoms with E-state index in [1.165, 1.54) is 161 Å². The molecule has 0 radical (unpaired) electrons. The molecule has 10 heteroatoms. The number of rotatable bonds is 46. The van der Waals surface area contributed by atoms with Gasteiger partial charge in [-0.15, -0.1) is 0 Å². The lowest BCUT2D eigenvalue weighted by molar-refractivity contribution is -0.161. The molecule has 0 fully saturated rings. The highest BCUT2D eigenvalue weighted by Crippen LogP contribution is 2.43. The van der Waals surface area contributed by atoms with Crippen molar-refractivity contribution >= 4 is 19.8 Å². The minimum absolute atomic E-state index is 0.0550. The monoisotopic (exact) mass is 830 g/mol. The van der Waals surface area contributed by atoms with Crippen LogP contribution in [0.4, 0.5) is 0 Å². The highest BCUT2D eigenvalue weighted by molar-refractivity contribution is 7.47. The third-order valence-corrected chi connectivity index (χ3v) is 11.6. The van der Waals surface area contributed by atoms with Crippen molar-refractivity contribution < 1.29 is 37.6 Å². The Kier molecular flexibility index (Phi) is 43.3. The Hall–Kier alpha value is -1.25. The maximum atomic E-state index is 12.6. The molecule has 0 aliphatic carbocycles. The minimum Gasteiger partial charge on any atom is -0.462 e. The van der Waals surface area contributed by atoms with E-state index in [4.69, 9.17) is 24.3 Å². The summed E-state index contributed by atoms with van der Waals surface area (Å²) in [6, 6.07) is 0. The van der Waals surface area contributed by atoms with Crippen LogP contribution in [0.15, 0.2) is 12.2 Å². The second kappa shape index (κ2) is 44.3. The van der Waals surface area contributed by atoms with Gasteiger partial charge in [-0.3, -0.25) is 18.6 Å². The summed E-state index contributed by atoms with van der Waals surface area (Å²) in [6.45, 7) is 3.76. The first-order valence-electron chi connectivity index (χ1n) is 24.2. The van der Waals surface area contributed by atoms with Crippen molar-refractivity contribution in [2.24, 2.45) is 5.73 Å². The number of phosphoric ester groups is 1. The Morgan fingerprint density at radius 2 is 0.860 bits per heavy atom. The van der Waals surface area contributed by atoms with Gasteiger partial charge in [-0.2, -0.15) is 0 Å². The molecule has 0 aromatic heterocycles. The Bertz CT molecular complexity index is 948. The van der Waals surface area contributed by atoms with E-state index >= 15 is 0 Å². The molecule has 338 valence electrons. The first-order valence-corrected chi connectivity index (χ1v) is 25.7. The number of ether oxygens (including phenoxy) is 2. The van der Waals surface area contributed by atoms with Crippen molar-refractivity contribution in [2.45, 2.75) is 251 Å². The van der Waals surface area contributed by atoms with Crippen LogP contribution in [0.5, 0.6) is 0 Å². The highest BCUT2D eigenvalue weighted by atomic mass is 31.2. The molecule has 57 heavy (non-hydrogen) atoms. The quantitative estimate of drug-likeness (QED) is 0.0266. The van der Waals surface area contributed by atoms with Gasteiger partial charge in [0.1, 0.15) is 6.61 Å². The van der Waals surface area contributed by atoms with Crippen molar-refractivity contribution in [3.63, 3.8) is 0 Å². The summed E-state index contributed by atoms with van der Waals surface area (Å²) in [7, 11) is -4.37. The van der Waals surface area contributed by atoms with Crippen LogP contribution in [-0.4, -0.2) is 49.3 Å². The molecule has 0 aromatic carbocycles. The number of carbonyl (C=O) groups is 2. The molecule has 0 heterocycles. The number of phosphoric acid groups is 1. The molecule has 2 atom stereocenters. The van der Waals surface area contributed by atoms with E-state index in [0.29, 0.717) is 6.42 Å². The molecular formula is C47H92NO8P. The average molecular weight is 830 g/mol. The van der Waals surface area contributed by atoms with E-state index in [9.17, 15) is 19.0 Å². The van der Waals surface area contributed by atoms with Crippen LogP contribution < -0.4 is 5.73 Å². The molecule has 2 unspecified atom stereocenters. The standard InChI is InChI=1S/C47H92NO8P/c1-3-5-7-9-11-13-15-17-19-20-21-22-23-24-25-26-28-29-31-33-35-37-39-46(49)53-43-45(44-55-57(51,52)54-42-41-48)56-47(50)40-38-36-34-32-30-27-18-16-14-12-10-8-6-4-2/h16,18,45H,3-15,17,19-44,48H2,1-2H3,(H,51,52)/b18-16-. The Morgan fingerprint density at radius 1 is 0.509 bits per heavy atom. The van der Waals surface area contributed by atoms with Gasteiger partial charge in [0.25, 0.3) is 0 Å². The van der Waals surface area contributed by atoms with Gasteiger partial charge >= 0.3 is 19.8 Å². The van der Waals surface area contributed by atoms with Gasteiger partial charge in [-0.1, -0.05) is 206 Å². The van der Waals surface area contributed by atoms with Gasteiger partial charge in [-0.25, -0.2) is 4.57 Å². The molecule has 0 bridgehead atoms. The number of carbonyl (C=O) groups excluding carboxylic acids is 2. The number of esters is 2. The lowest BCUT2D eigenvalue weighted by atomic mass is 10.0. The zero-order chi connectivity index (χ0) is 41.8. The fourth-order valence-corrected chi connectivity index (χ4v) is 7.81. The van der Waals surface area contributed by atoms with Crippen LogP contribution in [0.25, 0.3) is 0 Å². The van der Waals surface area contributed by atoms with Crippen molar-refractivity contribution in [3.05, 3.63) is 12.2 Å². The largest absolute Gasteiger partial charge is 0.472 e. The fraction of sp³-hybridized carbons (Fsp3) is 0.915. The minimum atomic E-state index is -4.37. The van der Waals surface area contributed by atoms with Crippen molar-refractivity contribution in [2.75, 3.05) is 26.4 Å². The van der Waals surface area contributed by atoms with E-state index in [0.717, 1.165) is 51.4 Å². The second-order valence-electron chi connectivity index (χ2n) is 16.3. The topological polar surface area (TPSA) is 134 Å².